The van der Waals surface area contributed by atoms with Crippen LogP contribution in [-0.2, 0) is 44.1 Å². The minimum absolute atomic E-state index is 0. The summed E-state index contributed by atoms with van der Waals surface area (Å²) in [7, 11) is 0. The fourth-order valence-corrected chi connectivity index (χ4v) is 5.65. The van der Waals surface area contributed by atoms with Crippen LogP contribution in [0.2, 0.25) is 0 Å². The van der Waals surface area contributed by atoms with E-state index in [0.29, 0.717) is 12.8 Å². The quantitative estimate of drug-likeness (QED) is 0.0575. The monoisotopic (exact) mass is 838 g/mol. The van der Waals surface area contributed by atoms with Crippen molar-refractivity contribution in [1.82, 2.24) is 0 Å². The Morgan fingerprint density at radius 1 is 0.559 bits per heavy atom. The molecule has 4 aromatic rings. The molecule has 59 heavy (non-hydrogen) atoms. The van der Waals surface area contributed by atoms with Gasteiger partial charge in [0.15, 0.2) is 0 Å². The second kappa shape index (κ2) is 27.1. The van der Waals surface area contributed by atoms with Crippen molar-refractivity contribution in [3.05, 3.63) is 180 Å². The summed E-state index contributed by atoms with van der Waals surface area (Å²) in [5.41, 5.74) is 1.22. The van der Waals surface area contributed by atoms with Gasteiger partial charge in [0.25, 0.3) is 0 Å². The standard InChI is InChI=1S/2C20H22F2NO.2C5H5.Ti/c2*1-20(2,13-7-6-10-15-8-4-3-5-9-15)19(24)23-18-12-11-16(21)14-17(18)22;2*1-2-4-5-3-1;/h2*3-5,8-9,11-12H,6-7,10,13H2,1-2H3,(H,23,24);2*1-3H,4H2;/q4*-1;+4. The SMILES string of the molecule is CC(C)(CCCCc1ccccc1)C(=O)Nc1ccc(F)[c-]c1F.CC(C)(CCCCc1ccccc1)C(=O)Nc1ccc(F)[c-]c1F.[C-]1=CC=CC1.[C-]1=CC=CC1.[Ti+4]. The van der Waals surface area contributed by atoms with Gasteiger partial charge in [0.2, 0.25) is 11.8 Å². The van der Waals surface area contributed by atoms with Crippen molar-refractivity contribution < 1.29 is 48.9 Å². The van der Waals surface area contributed by atoms with Gasteiger partial charge in [0.05, 0.1) is 0 Å². The summed E-state index contributed by atoms with van der Waals surface area (Å²) in [5, 5.41) is 5.05. The number of anilines is 2. The third-order valence-electron chi connectivity index (χ3n) is 9.34. The molecule has 0 bridgehead atoms. The third kappa shape index (κ3) is 20.2. The van der Waals surface area contributed by atoms with Crippen LogP contribution in [0.1, 0.15) is 90.2 Å². The number of nitrogens with one attached hydrogen (secondary N) is 2. The van der Waals surface area contributed by atoms with Crippen molar-refractivity contribution in [3.63, 3.8) is 0 Å². The zero-order valence-electron chi connectivity index (χ0n) is 34.4. The average molecular weight is 839 g/mol. The third-order valence-corrected chi connectivity index (χ3v) is 9.34. The maximum Gasteiger partial charge on any atom is 4.00 e. The average Bonchev–Trinajstić information content (AvgIpc) is 4.00. The molecule has 2 aliphatic rings. The Kier molecular flexibility index (Phi) is 23.1. The van der Waals surface area contributed by atoms with Gasteiger partial charge in [-0.3, -0.25) is 21.7 Å². The first-order valence-electron chi connectivity index (χ1n) is 19.7. The van der Waals surface area contributed by atoms with Crippen LogP contribution in [0.25, 0.3) is 0 Å². The van der Waals surface area contributed by atoms with E-state index in [2.05, 4.69) is 59.2 Å². The van der Waals surface area contributed by atoms with Crippen LogP contribution in [-0.4, -0.2) is 11.8 Å². The number of benzene rings is 4. The van der Waals surface area contributed by atoms with E-state index in [1.165, 1.54) is 23.3 Å². The van der Waals surface area contributed by atoms with Crippen LogP contribution in [0.4, 0.5) is 28.9 Å². The van der Waals surface area contributed by atoms with Crippen molar-refractivity contribution in [2.45, 2.75) is 91.9 Å². The Morgan fingerprint density at radius 2 is 0.932 bits per heavy atom. The predicted octanol–water partition coefficient (Wildman–Crippen LogP) is 12.9. The molecule has 2 aliphatic carbocycles. The van der Waals surface area contributed by atoms with Crippen molar-refractivity contribution in [3.8, 4) is 0 Å². The molecule has 0 radical (unpaired) electrons. The van der Waals surface area contributed by atoms with Gasteiger partial charge >= 0.3 is 21.7 Å². The number of carbonyl (C=O) groups excluding carboxylic acids is 2. The van der Waals surface area contributed by atoms with Gasteiger partial charge in [-0.2, -0.15) is 12.2 Å². The maximum absolute atomic E-state index is 13.6. The molecule has 4 aromatic carbocycles. The molecule has 0 unspecified atom stereocenters. The topological polar surface area (TPSA) is 58.2 Å². The number of amides is 2. The number of allylic oxidation sites excluding steroid dienone is 8. The second-order valence-corrected chi connectivity index (χ2v) is 15.1. The molecule has 2 amide bonds. The van der Waals surface area contributed by atoms with Gasteiger partial charge in [-0.25, -0.2) is 41.9 Å². The molecule has 4 nitrogen and oxygen atoms in total. The summed E-state index contributed by atoms with van der Waals surface area (Å²) in [6.07, 6.45) is 27.1. The van der Waals surface area contributed by atoms with Crippen LogP contribution in [0.5, 0.6) is 0 Å². The zero-order valence-corrected chi connectivity index (χ0v) is 36.0. The van der Waals surface area contributed by atoms with Crippen LogP contribution in [0, 0.1) is 58.4 Å². The molecule has 0 fully saturated rings. The number of unbranched alkanes of at least 4 members (excludes halogenated alkanes) is 2. The molecular formula is C50H54F4N2O2Ti. The van der Waals surface area contributed by atoms with E-state index in [-0.39, 0.29) is 44.9 Å². The van der Waals surface area contributed by atoms with Crippen LogP contribution >= 0.6 is 0 Å². The van der Waals surface area contributed by atoms with Crippen LogP contribution < -0.4 is 10.6 Å². The molecular weight excluding hydrogens is 784 g/mol. The molecule has 6 rings (SSSR count). The first kappa shape index (κ1) is 50.4. The van der Waals surface area contributed by atoms with Crippen LogP contribution in [0.3, 0.4) is 0 Å². The summed E-state index contributed by atoms with van der Waals surface area (Å²) in [6, 6.07) is 28.8. The molecule has 0 saturated heterocycles. The Balaban J connectivity index is 0.000000323. The number of carbonyl (C=O) groups is 2. The molecule has 0 atom stereocenters. The van der Waals surface area contributed by atoms with E-state index < -0.39 is 34.1 Å². The minimum Gasteiger partial charge on any atom is -0.376 e. The van der Waals surface area contributed by atoms with Crippen molar-refractivity contribution >= 4 is 23.2 Å². The largest absolute Gasteiger partial charge is 4.00 e. The summed E-state index contributed by atoms with van der Waals surface area (Å²) in [4.78, 5) is 24.7. The normalized spacial score (nSPS) is 12.2. The van der Waals surface area contributed by atoms with Gasteiger partial charge in [-0.1, -0.05) is 101 Å². The molecule has 9 heteroatoms. The fraction of sp³-hybridized carbons (Fsp3) is 0.320. The summed E-state index contributed by atoms with van der Waals surface area (Å²) in [5.74, 6) is -3.90. The molecule has 2 N–H and O–H groups in total. The Labute approximate surface area is 363 Å². The van der Waals surface area contributed by atoms with Crippen molar-refractivity contribution in [2.24, 2.45) is 10.8 Å². The number of hydrogen-bond acceptors (Lipinski definition) is 2. The Hall–Kier alpha value is -4.79. The first-order chi connectivity index (χ1) is 27.8. The van der Waals surface area contributed by atoms with Gasteiger partial charge in [0.1, 0.15) is 0 Å². The maximum atomic E-state index is 13.6. The minimum atomic E-state index is -0.886. The number of halogens is 4. The van der Waals surface area contributed by atoms with Gasteiger partial charge in [-0.15, -0.1) is 49.2 Å². The van der Waals surface area contributed by atoms with E-state index in [1.54, 1.807) is 0 Å². The summed E-state index contributed by atoms with van der Waals surface area (Å²) < 4.78 is 52.9. The second-order valence-electron chi connectivity index (χ2n) is 15.1. The van der Waals surface area contributed by atoms with Gasteiger partial charge in [-0.05, 0) is 61.0 Å². The first-order valence-corrected chi connectivity index (χ1v) is 19.7. The Bertz CT molecular complexity index is 1810. The van der Waals surface area contributed by atoms with E-state index in [1.807, 2.05) is 101 Å². The molecule has 0 aliphatic heterocycles. The van der Waals surface area contributed by atoms with E-state index in [4.69, 9.17) is 0 Å². The molecule has 308 valence electrons. The smallest absolute Gasteiger partial charge is 0.376 e. The molecule has 0 heterocycles. The molecule has 0 spiro atoms. The number of aryl methyl sites for hydroxylation is 2. The Morgan fingerprint density at radius 3 is 1.22 bits per heavy atom. The van der Waals surface area contributed by atoms with Crippen molar-refractivity contribution in [1.29, 1.82) is 0 Å². The molecule has 0 saturated carbocycles. The van der Waals surface area contributed by atoms with Crippen LogP contribution in [0.15, 0.2) is 121 Å². The van der Waals surface area contributed by atoms with Gasteiger partial charge < -0.3 is 10.6 Å². The summed E-state index contributed by atoms with van der Waals surface area (Å²) in [6.45, 7) is 7.32. The van der Waals surface area contributed by atoms with Crippen molar-refractivity contribution in [2.75, 3.05) is 10.6 Å². The van der Waals surface area contributed by atoms with Gasteiger partial charge in [0, 0.05) is 34.1 Å². The van der Waals surface area contributed by atoms with E-state index in [9.17, 15) is 27.2 Å². The fourth-order valence-electron chi connectivity index (χ4n) is 5.65. The zero-order chi connectivity index (χ0) is 42.2. The van der Waals surface area contributed by atoms with E-state index in [0.717, 1.165) is 63.5 Å². The number of rotatable bonds is 14. The predicted molar refractivity (Wildman–Crippen MR) is 226 cm³/mol. The molecule has 0 aromatic heterocycles. The van der Waals surface area contributed by atoms with E-state index >= 15 is 0 Å². The number of hydrogen-bond donors (Lipinski definition) is 2. The summed E-state index contributed by atoms with van der Waals surface area (Å²) >= 11 is 0.